The number of halogens is 2. The fourth-order valence-corrected chi connectivity index (χ4v) is 2.11. The van der Waals surface area contributed by atoms with E-state index in [1.165, 1.54) is 6.07 Å². The lowest BCUT2D eigenvalue weighted by Crippen LogP contribution is -2.03. The van der Waals surface area contributed by atoms with Gasteiger partial charge in [-0.15, -0.1) is 0 Å². The number of anilines is 1. The summed E-state index contributed by atoms with van der Waals surface area (Å²) in [4.78, 5) is 0. The Bertz CT molecular complexity index is 604. The van der Waals surface area contributed by atoms with E-state index in [9.17, 15) is 4.39 Å². The Kier molecular flexibility index (Phi) is 4.84. The van der Waals surface area contributed by atoms with Crippen molar-refractivity contribution in [1.29, 1.82) is 0 Å². The van der Waals surface area contributed by atoms with Crippen molar-refractivity contribution in [3.05, 3.63) is 52.3 Å². The van der Waals surface area contributed by atoms with Crippen molar-refractivity contribution in [3.63, 3.8) is 0 Å². The summed E-state index contributed by atoms with van der Waals surface area (Å²) in [6.45, 7) is 0.445. The van der Waals surface area contributed by atoms with Crippen molar-refractivity contribution in [2.75, 3.05) is 19.5 Å². The maximum atomic E-state index is 13.6. The Morgan fingerprint density at radius 1 is 1.25 bits per heavy atom. The number of nitrogens with one attached hydrogen (secondary N) is 1. The molecule has 0 aromatic heterocycles. The average molecular weight is 339 g/mol. The van der Waals surface area contributed by atoms with Gasteiger partial charge in [0, 0.05) is 28.7 Å². The van der Waals surface area contributed by atoms with Crippen LogP contribution in [-0.2, 0) is 6.54 Å². The highest BCUT2D eigenvalue weighted by atomic mass is 79.9. The number of ether oxygens (including phenoxy) is 2. The molecule has 3 nitrogen and oxygen atoms in total. The van der Waals surface area contributed by atoms with Crippen molar-refractivity contribution < 1.29 is 13.9 Å². The van der Waals surface area contributed by atoms with Crippen LogP contribution in [0.15, 0.2) is 34.8 Å². The van der Waals surface area contributed by atoms with E-state index < -0.39 is 0 Å². The summed E-state index contributed by atoms with van der Waals surface area (Å²) >= 11 is 3.27. The first-order valence-electron chi connectivity index (χ1n) is 5.95. The lowest BCUT2D eigenvalue weighted by Gasteiger charge is -2.12. The van der Waals surface area contributed by atoms with Gasteiger partial charge in [-0.3, -0.25) is 0 Å². The van der Waals surface area contributed by atoms with Gasteiger partial charge in [0.15, 0.2) is 0 Å². The monoisotopic (exact) mass is 338 g/mol. The van der Waals surface area contributed by atoms with Crippen molar-refractivity contribution in [3.8, 4) is 11.5 Å². The Morgan fingerprint density at radius 2 is 2.05 bits per heavy atom. The first-order chi connectivity index (χ1) is 9.63. The highest BCUT2D eigenvalue weighted by molar-refractivity contribution is 9.10. The fourth-order valence-electron chi connectivity index (χ4n) is 1.77. The van der Waals surface area contributed by atoms with Gasteiger partial charge >= 0.3 is 0 Å². The van der Waals surface area contributed by atoms with Crippen LogP contribution in [-0.4, -0.2) is 14.2 Å². The van der Waals surface area contributed by atoms with Crippen LogP contribution >= 0.6 is 15.9 Å². The Balaban J connectivity index is 2.16. The summed E-state index contributed by atoms with van der Waals surface area (Å²) in [6.07, 6.45) is 0. The summed E-state index contributed by atoms with van der Waals surface area (Å²) in [5.41, 5.74) is 1.32. The highest BCUT2D eigenvalue weighted by Crippen LogP contribution is 2.26. The summed E-state index contributed by atoms with van der Waals surface area (Å²) in [6, 6.07) is 11.2. The SMILES string of the molecule is COc1ccc(CNc2cc(Br)[c]cc2F)c(OC)c1. The van der Waals surface area contributed by atoms with Crippen molar-refractivity contribution in [2.45, 2.75) is 6.54 Å². The van der Waals surface area contributed by atoms with Gasteiger partial charge in [0.1, 0.15) is 17.3 Å². The largest absolute Gasteiger partial charge is 0.497 e. The maximum Gasteiger partial charge on any atom is 0.146 e. The molecule has 2 aromatic carbocycles. The van der Waals surface area contributed by atoms with Crippen molar-refractivity contribution in [1.82, 2.24) is 0 Å². The third kappa shape index (κ3) is 3.42. The summed E-state index contributed by atoms with van der Waals surface area (Å²) in [7, 11) is 3.19. The molecule has 2 rings (SSSR count). The molecule has 1 radical (unpaired) electrons. The molecule has 0 unspecified atom stereocenters. The zero-order valence-corrected chi connectivity index (χ0v) is 12.8. The number of methoxy groups -OCH3 is 2. The van der Waals surface area contributed by atoms with Crippen LogP contribution in [0.5, 0.6) is 11.5 Å². The minimum absolute atomic E-state index is 0.347. The number of hydrogen-bond acceptors (Lipinski definition) is 3. The molecule has 2 aromatic rings. The Hall–Kier alpha value is -1.75. The summed E-state index contributed by atoms with van der Waals surface area (Å²) in [5.74, 6) is 1.06. The molecule has 0 atom stereocenters. The minimum atomic E-state index is -0.347. The van der Waals surface area contributed by atoms with Gasteiger partial charge in [-0.05, 0) is 24.3 Å². The Labute approximate surface area is 125 Å². The summed E-state index contributed by atoms with van der Waals surface area (Å²) < 4.78 is 24.7. The van der Waals surface area contributed by atoms with E-state index in [4.69, 9.17) is 9.47 Å². The number of rotatable bonds is 5. The normalized spacial score (nSPS) is 10.2. The smallest absolute Gasteiger partial charge is 0.146 e. The standard InChI is InChI=1S/C15H14BrFNO2/c1-19-12-5-3-10(15(8-12)20-2)9-18-14-7-11(16)4-6-13(14)17/h3,5-8,18H,9H2,1-2H3. The van der Waals surface area contributed by atoms with Crippen LogP contribution in [0.2, 0.25) is 0 Å². The molecule has 0 fully saturated rings. The molecule has 0 heterocycles. The first kappa shape index (κ1) is 14.7. The van der Waals surface area contributed by atoms with E-state index >= 15 is 0 Å². The van der Waals surface area contributed by atoms with Crippen molar-refractivity contribution >= 4 is 21.6 Å². The van der Waals surface area contributed by atoms with Crippen molar-refractivity contribution in [2.24, 2.45) is 0 Å². The van der Waals surface area contributed by atoms with E-state index in [1.54, 1.807) is 26.4 Å². The zero-order valence-electron chi connectivity index (χ0n) is 11.2. The number of hydrogen-bond donors (Lipinski definition) is 1. The quantitative estimate of drug-likeness (QED) is 0.893. The molecule has 1 N–H and O–H groups in total. The molecular formula is C15H14BrFNO2. The van der Waals surface area contributed by atoms with E-state index in [-0.39, 0.29) is 5.82 Å². The average Bonchev–Trinajstić information content (AvgIpc) is 2.48. The predicted molar refractivity (Wildman–Crippen MR) is 79.8 cm³/mol. The maximum absolute atomic E-state index is 13.6. The molecule has 105 valence electrons. The lowest BCUT2D eigenvalue weighted by atomic mass is 10.2. The molecule has 5 heteroatoms. The second kappa shape index (κ2) is 6.61. The molecule has 0 saturated heterocycles. The van der Waals surface area contributed by atoms with Crippen LogP contribution < -0.4 is 14.8 Å². The predicted octanol–water partition coefficient (Wildman–Crippen LogP) is 4.02. The van der Waals surface area contributed by atoms with Crippen LogP contribution in [0.1, 0.15) is 5.56 Å². The molecule has 0 aliphatic carbocycles. The molecule has 20 heavy (non-hydrogen) atoms. The van der Waals surface area contributed by atoms with E-state index in [1.807, 2.05) is 12.1 Å². The van der Waals surface area contributed by atoms with Gasteiger partial charge in [0.2, 0.25) is 0 Å². The summed E-state index contributed by atoms with van der Waals surface area (Å²) in [5, 5.41) is 3.04. The van der Waals surface area contributed by atoms with Crippen LogP contribution in [0.25, 0.3) is 0 Å². The van der Waals surface area contributed by atoms with Crippen LogP contribution in [0.3, 0.4) is 0 Å². The molecule has 0 aliphatic rings. The van der Waals surface area contributed by atoms with Gasteiger partial charge in [0.05, 0.1) is 19.9 Å². The third-order valence-electron chi connectivity index (χ3n) is 2.83. The van der Waals surface area contributed by atoms with Gasteiger partial charge in [0.25, 0.3) is 0 Å². The first-order valence-corrected chi connectivity index (χ1v) is 6.75. The molecule has 0 spiro atoms. The highest BCUT2D eigenvalue weighted by Gasteiger charge is 2.07. The van der Waals surface area contributed by atoms with Gasteiger partial charge < -0.3 is 14.8 Å². The molecule has 0 bridgehead atoms. The van der Waals surface area contributed by atoms with Crippen LogP contribution in [0, 0.1) is 11.9 Å². The second-order valence-corrected chi connectivity index (χ2v) is 4.93. The lowest BCUT2D eigenvalue weighted by molar-refractivity contribution is 0.391. The third-order valence-corrected chi connectivity index (χ3v) is 3.29. The number of benzene rings is 2. The van der Waals surface area contributed by atoms with E-state index in [0.29, 0.717) is 28.2 Å². The van der Waals surface area contributed by atoms with Gasteiger partial charge in [-0.2, -0.15) is 0 Å². The second-order valence-electron chi connectivity index (χ2n) is 4.07. The topological polar surface area (TPSA) is 30.5 Å². The Morgan fingerprint density at radius 3 is 2.75 bits per heavy atom. The molecule has 0 aliphatic heterocycles. The van der Waals surface area contributed by atoms with Crippen LogP contribution in [0.4, 0.5) is 10.1 Å². The van der Waals surface area contributed by atoms with Gasteiger partial charge in [-0.25, -0.2) is 4.39 Å². The molecule has 0 amide bonds. The minimum Gasteiger partial charge on any atom is -0.497 e. The van der Waals surface area contributed by atoms with E-state index in [2.05, 4.69) is 27.3 Å². The molecular weight excluding hydrogens is 325 g/mol. The zero-order chi connectivity index (χ0) is 14.5. The van der Waals surface area contributed by atoms with E-state index in [0.717, 1.165) is 5.56 Å². The van der Waals surface area contributed by atoms with Gasteiger partial charge in [-0.1, -0.05) is 15.9 Å². The molecule has 0 saturated carbocycles. The fraction of sp³-hybridized carbons (Fsp3) is 0.200.